The Morgan fingerprint density at radius 3 is 3.07 bits per heavy atom. The van der Waals surface area contributed by atoms with Crippen LogP contribution in [-0.2, 0) is 11.3 Å². The molecular weight excluding hydrogens is 210 g/mol. The highest BCUT2D eigenvalue weighted by Crippen LogP contribution is 2.14. The van der Waals surface area contributed by atoms with Crippen molar-refractivity contribution in [3.05, 3.63) is 12.4 Å². The molecule has 1 aromatic heterocycles. The van der Waals surface area contributed by atoms with E-state index in [0.717, 1.165) is 24.7 Å². The van der Waals surface area contributed by atoms with Crippen molar-refractivity contribution in [2.24, 2.45) is 0 Å². The van der Waals surface area contributed by atoms with Gasteiger partial charge in [0.15, 0.2) is 5.16 Å². The normalized spacial score (nSPS) is 10.3. The van der Waals surface area contributed by atoms with E-state index in [2.05, 4.69) is 17.2 Å². The number of nitrogens with one attached hydrogen (secondary N) is 1. The molecule has 0 saturated carbocycles. The lowest BCUT2D eigenvalue weighted by atomic mass is 10.5. The van der Waals surface area contributed by atoms with E-state index < -0.39 is 0 Å². The fourth-order valence-corrected chi connectivity index (χ4v) is 1.98. The maximum Gasteiger partial charge on any atom is 0.230 e. The van der Waals surface area contributed by atoms with Crippen LogP contribution in [0.3, 0.4) is 0 Å². The summed E-state index contributed by atoms with van der Waals surface area (Å²) in [5, 5.41) is 3.74. The lowest BCUT2D eigenvalue weighted by Crippen LogP contribution is -2.25. The van der Waals surface area contributed by atoms with Gasteiger partial charge in [-0.15, -0.1) is 0 Å². The quantitative estimate of drug-likeness (QED) is 0.750. The zero-order valence-electron chi connectivity index (χ0n) is 9.19. The van der Waals surface area contributed by atoms with Crippen molar-refractivity contribution in [1.29, 1.82) is 0 Å². The van der Waals surface area contributed by atoms with Crippen LogP contribution >= 0.6 is 11.8 Å². The maximum atomic E-state index is 11.3. The monoisotopic (exact) mass is 227 g/mol. The molecule has 0 aliphatic carbocycles. The van der Waals surface area contributed by atoms with E-state index in [9.17, 15) is 4.79 Å². The van der Waals surface area contributed by atoms with Crippen molar-refractivity contribution in [3.63, 3.8) is 0 Å². The lowest BCUT2D eigenvalue weighted by molar-refractivity contribution is -0.118. The summed E-state index contributed by atoms with van der Waals surface area (Å²) in [4.78, 5) is 15.5. The van der Waals surface area contributed by atoms with Crippen LogP contribution in [0.4, 0.5) is 0 Å². The predicted octanol–water partition coefficient (Wildman–Crippen LogP) is 1.52. The molecule has 1 N–H and O–H groups in total. The molecule has 0 radical (unpaired) electrons. The smallest absolute Gasteiger partial charge is 0.230 e. The number of thioether (sulfide) groups is 1. The molecule has 0 bridgehead atoms. The summed E-state index contributed by atoms with van der Waals surface area (Å²) >= 11 is 1.48. The second-order valence-electron chi connectivity index (χ2n) is 3.13. The van der Waals surface area contributed by atoms with Crippen LogP contribution in [0.5, 0.6) is 0 Å². The van der Waals surface area contributed by atoms with Crippen molar-refractivity contribution >= 4 is 17.7 Å². The molecule has 0 atom stereocenters. The van der Waals surface area contributed by atoms with Crippen LogP contribution in [0.2, 0.25) is 0 Å². The van der Waals surface area contributed by atoms with Gasteiger partial charge in [-0.1, -0.05) is 18.7 Å². The number of rotatable bonds is 6. The third-order valence-electron chi connectivity index (χ3n) is 1.92. The van der Waals surface area contributed by atoms with Gasteiger partial charge in [-0.05, 0) is 13.3 Å². The SMILES string of the molecule is CCCNC(=O)CSc1nccn1CC. The molecule has 0 aliphatic rings. The molecule has 5 heteroatoms. The maximum absolute atomic E-state index is 11.3. The summed E-state index contributed by atoms with van der Waals surface area (Å²) in [6, 6.07) is 0. The Labute approximate surface area is 94.5 Å². The molecule has 1 rings (SSSR count). The molecule has 1 aromatic rings. The van der Waals surface area contributed by atoms with Crippen LogP contribution in [0, 0.1) is 0 Å². The Morgan fingerprint density at radius 2 is 2.40 bits per heavy atom. The van der Waals surface area contributed by atoms with E-state index in [-0.39, 0.29) is 5.91 Å². The summed E-state index contributed by atoms with van der Waals surface area (Å²) < 4.78 is 2.03. The van der Waals surface area contributed by atoms with Gasteiger partial charge in [0, 0.05) is 25.5 Å². The van der Waals surface area contributed by atoms with Crippen molar-refractivity contribution in [2.45, 2.75) is 32.0 Å². The highest BCUT2D eigenvalue weighted by molar-refractivity contribution is 7.99. The highest BCUT2D eigenvalue weighted by atomic mass is 32.2. The van der Waals surface area contributed by atoms with E-state index in [0.29, 0.717) is 5.75 Å². The van der Waals surface area contributed by atoms with Crippen LogP contribution in [0.1, 0.15) is 20.3 Å². The van der Waals surface area contributed by atoms with E-state index in [1.165, 1.54) is 11.8 Å². The van der Waals surface area contributed by atoms with Crippen LogP contribution in [0.25, 0.3) is 0 Å². The molecule has 0 unspecified atom stereocenters. The number of aryl methyl sites for hydroxylation is 1. The summed E-state index contributed by atoms with van der Waals surface area (Å²) in [6.45, 7) is 5.74. The van der Waals surface area contributed by atoms with Gasteiger partial charge < -0.3 is 9.88 Å². The summed E-state index contributed by atoms with van der Waals surface area (Å²) in [6.07, 6.45) is 4.65. The number of hydrogen-bond acceptors (Lipinski definition) is 3. The zero-order valence-corrected chi connectivity index (χ0v) is 10.0. The Balaban J connectivity index is 2.33. The highest BCUT2D eigenvalue weighted by Gasteiger charge is 2.05. The fourth-order valence-electron chi connectivity index (χ4n) is 1.12. The summed E-state index contributed by atoms with van der Waals surface area (Å²) in [5.74, 6) is 0.518. The third kappa shape index (κ3) is 3.95. The predicted molar refractivity (Wildman–Crippen MR) is 61.9 cm³/mol. The van der Waals surface area contributed by atoms with Gasteiger partial charge in [0.2, 0.25) is 5.91 Å². The molecule has 15 heavy (non-hydrogen) atoms. The molecule has 0 fully saturated rings. The van der Waals surface area contributed by atoms with Crippen LogP contribution in [0.15, 0.2) is 17.6 Å². The minimum Gasteiger partial charge on any atom is -0.355 e. The molecule has 0 spiro atoms. The number of nitrogens with zero attached hydrogens (tertiary/aromatic N) is 2. The Kier molecular flexibility index (Phi) is 5.25. The first-order valence-corrected chi connectivity index (χ1v) is 6.17. The standard InChI is InChI=1S/C10H17N3OS/c1-3-5-11-9(14)8-15-10-12-6-7-13(10)4-2/h6-7H,3-5,8H2,1-2H3,(H,11,14). The van der Waals surface area contributed by atoms with Crippen LogP contribution < -0.4 is 5.32 Å². The van der Waals surface area contributed by atoms with Crippen molar-refractivity contribution < 1.29 is 4.79 Å². The Hall–Kier alpha value is -0.970. The Bertz CT molecular complexity index is 311. The van der Waals surface area contributed by atoms with Crippen LogP contribution in [-0.4, -0.2) is 27.8 Å². The first-order valence-electron chi connectivity index (χ1n) is 5.18. The van der Waals surface area contributed by atoms with E-state index in [1.807, 2.05) is 17.7 Å². The van der Waals surface area contributed by atoms with Gasteiger partial charge in [0.05, 0.1) is 5.75 Å². The average molecular weight is 227 g/mol. The molecule has 0 saturated heterocycles. The minimum atomic E-state index is 0.0764. The second-order valence-corrected chi connectivity index (χ2v) is 4.08. The van der Waals surface area contributed by atoms with Crippen molar-refractivity contribution in [3.8, 4) is 0 Å². The van der Waals surface area contributed by atoms with Gasteiger partial charge in [-0.2, -0.15) is 0 Å². The van der Waals surface area contributed by atoms with Gasteiger partial charge >= 0.3 is 0 Å². The van der Waals surface area contributed by atoms with Crippen molar-refractivity contribution in [1.82, 2.24) is 14.9 Å². The average Bonchev–Trinajstić information content (AvgIpc) is 2.70. The number of amides is 1. The first kappa shape index (κ1) is 12.1. The van der Waals surface area contributed by atoms with E-state index in [4.69, 9.17) is 0 Å². The summed E-state index contributed by atoms with van der Waals surface area (Å²) in [5.41, 5.74) is 0. The minimum absolute atomic E-state index is 0.0764. The van der Waals surface area contributed by atoms with Crippen molar-refractivity contribution in [2.75, 3.05) is 12.3 Å². The largest absolute Gasteiger partial charge is 0.355 e. The lowest BCUT2D eigenvalue weighted by Gasteiger charge is -2.04. The van der Waals surface area contributed by atoms with E-state index >= 15 is 0 Å². The molecular formula is C10H17N3OS. The first-order chi connectivity index (χ1) is 7.27. The van der Waals surface area contributed by atoms with Gasteiger partial charge in [-0.25, -0.2) is 4.98 Å². The molecule has 84 valence electrons. The fraction of sp³-hybridized carbons (Fsp3) is 0.600. The molecule has 0 aromatic carbocycles. The third-order valence-corrected chi connectivity index (χ3v) is 2.93. The second kappa shape index (κ2) is 6.50. The zero-order chi connectivity index (χ0) is 11.1. The van der Waals surface area contributed by atoms with E-state index in [1.54, 1.807) is 6.20 Å². The molecule has 1 amide bonds. The number of aromatic nitrogens is 2. The topological polar surface area (TPSA) is 46.9 Å². The number of imidazole rings is 1. The molecule has 4 nitrogen and oxygen atoms in total. The van der Waals surface area contributed by atoms with Gasteiger partial charge in [0.1, 0.15) is 0 Å². The Morgan fingerprint density at radius 1 is 1.60 bits per heavy atom. The number of carbonyl (C=O) groups excluding carboxylic acids is 1. The molecule has 1 heterocycles. The number of hydrogen-bond donors (Lipinski definition) is 1. The summed E-state index contributed by atoms with van der Waals surface area (Å²) in [7, 11) is 0. The molecule has 0 aliphatic heterocycles. The van der Waals surface area contributed by atoms with Gasteiger partial charge in [0.25, 0.3) is 0 Å². The number of carbonyl (C=O) groups is 1. The van der Waals surface area contributed by atoms with Gasteiger partial charge in [-0.3, -0.25) is 4.79 Å².